The van der Waals surface area contributed by atoms with Gasteiger partial charge in [0.1, 0.15) is 0 Å². The molecule has 0 aromatic heterocycles. The van der Waals surface area contributed by atoms with Crippen LogP contribution < -0.4 is 5.32 Å². The Hall–Kier alpha value is -1.13. The lowest BCUT2D eigenvalue weighted by atomic mass is 9.63. The lowest BCUT2D eigenvalue weighted by Crippen LogP contribution is -2.58. The maximum atomic E-state index is 14.5. The molecule has 1 heterocycles. The molecule has 1 amide bonds. The second-order valence-corrected chi connectivity index (χ2v) is 7.27. The van der Waals surface area contributed by atoms with Crippen molar-refractivity contribution in [1.82, 2.24) is 5.32 Å². The third-order valence-corrected chi connectivity index (χ3v) is 5.45. The number of nitrogens with one attached hydrogen (secondary N) is 1. The predicted octanol–water partition coefficient (Wildman–Crippen LogP) is 2.62. The monoisotopic (exact) mass is 299 g/mol. The Labute approximate surface area is 125 Å². The van der Waals surface area contributed by atoms with E-state index in [-0.39, 0.29) is 12.3 Å². The first-order valence-corrected chi connectivity index (χ1v) is 7.96. The van der Waals surface area contributed by atoms with Gasteiger partial charge in [-0.2, -0.15) is 0 Å². The summed E-state index contributed by atoms with van der Waals surface area (Å²) in [6.07, 6.45) is 3.10. The Balaban J connectivity index is 2.19. The van der Waals surface area contributed by atoms with Crippen molar-refractivity contribution in [3.63, 3.8) is 0 Å². The van der Waals surface area contributed by atoms with E-state index in [0.717, 1.165) is 12.8 Å². The summed E-state index contributed by atoms with van der Waals surface area (Å²) in [5.41, 5.74) is -2.76. The second-order valence-electron chi connectivity index (χ2n) is 7.27. The summed E-state index contributed by atoms with van der Waals surface area (Å²) in [5.74, 6) is -0.867. The number of hydrogen-bond donors (Lipinski definition) is 2. The number of carbonyl (C=O) groups excluding carboxylic acids is 1. The van der Waals surface area contributed by atoms with Crippen LogP contribution in [0.15, 0.2) is 0 Å². The van der Waals surface area contributed by atoms with Crippen molar-refractivity contribution in [2.45, 2.75) is 52.1 Å². The average molecular weight is 299 g/mol. The van der Waals surface area contributed by atoms with Crippen LogP contribution in [0.1, 0.15) is 46.5 Å². The van der Waals surface area contributed by atoms with Gasteiger partial charge in [-0.25, -0.2) is 9.18 Å². The van der Waals surface area contributed by atoms with Crippen LogP contribution in [0, 0.1) is 29.6 Å². The summed E-state index contributed by atoms with van der Waals surface area (Å²) in [4.78, 5) is 22.8. The molecule has 2 N–H and O–H groups in total. The summed E-state index contributed by atoms with van der Waals surface area (Å²) in [7, 11) is 0. The van der Waals surface area contributed by atoms with Crippen LogP contribution >= 0.6 is 0 Å². The standard InChI is InChI=1S/C16H26FNO3/c1-9(2)12-5-4-10(3)6-13(12)11-7-16(17,15(20)21)14(19)18-8-11/h9-13H,4-8H2,1-3H3,(H,18,19)(H,20,21)/t10-,11?,12+,13+,16-/m0/s1. The SMILES string of the molecule is CC(C)[C@H]1CC[C@H](C)C[C@@H]1C1CNC(=O)[C@](F)(C(=O)O)C1. The molecule has 1 unspecified atom stereocenters. The van der Waals surface area contributed by atoms with Gasteiger partial charge in [-0.15, -0.1) is 0 Å². The fourth-order valence-electron chi connectivity index (χ4n) is 4.20. The molecule has 21 heavy (non-hydrogen) atoms. The molecule has 5 heteroatoms. The summed E-state index contributed by atoms with van der Waals surface area (Å²) in [5, 5.41) is 11.6. The molecule has 4 nitrogen and oxygen atoms in total. The van der Waals surface area contributed by atoms with Gasteiger partial charge in [-0.05, 0) is 42.4 Å². The Bertz CT molecular complexity index is 426. The minimum atomic E-state index is -2.76. The van der Waals surface area contributed by atoms with Gasteiger partial charge in [0.05, 0.1) is 0 Å². The molecule has 0 aromatic carbocycles. The summed E-state index contributed by atoms with van der Waals surface area (Å²) < 4.78 is 14.5. The van der Waals surface area contributed by atoms with Gasteiger partial charge >= 0.3 is 5.97 Å². The molecule has 0 spiro atoms. The Morgan fingerprint density at radius 1 is 1.43 bits per heavy atom. The molecule has 2 aliphatic rings. The van der Waals surface area contributed by atoms with E-state index >= 15 is 0 Å². The van der Waals surface area contributed by atoms with E-state index in [4.69, 9.17) is 5.11 Å². The first-order valence-electron chi connectivity index (χ1n) is 7.96. The van der Waals surface area contributed by atoms with Crippen LogP contribution in [0.4, 0.5) is 4.39 Å². The molecule has 2 fully saturated rings. The zero-order valence-electron chi connectivity index (χ0n) is 13.1. The van der Waals surface area contributed by atoms with E-state index in [0.29, 0.717) is 30.2 Å². The van der Waals surface area contributed by atoms with E-state index in [2.05, 4.69) is 26.1 Å². The third-order valence-electron chi connectivity index (χ3n) is 5.45. The molecular weight excluding hydrogens is 273 g/mol. The molecule has 1 aliphatic heterocycles. The predicted molar refractivity (Wildman–Crippen MR) is 77.4 cm³/mol. The molecule has 1 saturated carbocycles. The van der Waals surface area contributed by atoms with Crippen LogP contribution in [-0.2, 0) is 9.59 Å². The van der Waals surface area contributed by atoms with Crippen molar-refractivity contribution >= 4 is 11.9 Å². The topological polar surface area (TPSA) is 66.4 Å². The fourth-order valence-corrected chi connectivity index (χ4v) is 4.20. The molecule has 1 saturated heterocycles. The number of carboxylic acid groups (broad SMARTS) is 1. The summed E-state index contributed by atoms with van der Waals surface area (Å²) >= 11 is 0. The zero-order valence-corrected chi connectivity index (χ0v) is 13.1. The van der Waals surface area contributed by atoms with Crippen LogP contribution in [0.25, 0.3) is 0 Å². The number of piperidine rings is 1. The van der Waals surface area contributed by atoms with E-state index in [1.54, 1.807) is 0 Å². The zero-order chi connectivity index (χ0) is 15.8. The number of carbonyl (C=O) groups is 2. The van der Waals surface area contributed by atoms with Gasteiger partial charge in [0.25, 0.3) is 11.6 Å². The number of alkyl halides is 1. The molecule has 0 bridgehead atoms. The molecule has 120 valence electrons. The highest BCUT2D eigenvalue weighted by Crippen LogP contribution is 2.45. The second kappa shape index (κ2) is 5.93. The molecular formula is C16H26FNO3. The Morgan fingerprint density at radius 2 is 2.10 bits per heavy atom. The lowest BCUT2D eigenvalue weighted by Gasteiger charge is -2.44. The third kappa shape index (κ3) is 3.06. The van der Waals surface area contributed by atoms with E-state index in [1.807, 2.05) is 0 Å². The molecule has 0 aromatic rings. The largest absolute Gasteiger partial charge is 0.478 e. The number of carboxylic acids is 1. The number of amides is 1. The minimum absolute atomic E-state index is 0.0843. The lowest BCUT2D eigenvalue weighted by molar-refractivity contribution is -0.163. The Morgan fingerprint density at radius 3 is 2.67 bits per heavy atom. The first kappa shape index (κ1) is 16.2. The first-order chi connectivity index (χ1) is 9.75. The van der Waals surface area contributed by atoms with E-state index in [1.165, 1.54) is 6.42 Å². The van der Waals surface area contributed by atoms with Crippen molar-refractivity contribution in [3.8, 4) is 0 Å². The normalized spacial score (nSPS) is 40.9. The number of hydrogen-bond acceptors (Lipinski definition) is 2. The van der Waals surface area contributed by atoms with Gasteiger partial charge in [0, 0.05) is 13.0 Å². The fraction of sp³-hybridized carbons (Fsp3) is 0.875. The van der Waals surface area contributed by atoms with Gasteiger partial charge in [-0.1, -0.05) is 27.2 Å². The van der Waals surface area contributed by atoms with Gasteiger partial charge in [-0.3, -0.25) is 4.79 Å². The van der Waals surface area contributed by atoms with E-state index < -0.39 is 17.5 Å². The highest BCUT2D eigenvalue weighted by Gasteiger charge is 2.53. The maximum absolute atomic E-state index is 14.5. The van der Waals surface area contributed by atoms with Crippen LogP contribution in [0.2, 0.25) is 0 Å². The minimum Gasteiger partial charge on any atom is -0.478 e. The van der Waals surface area contributed by atoms with Crippen molar-refractivity contribution in [3.05, 3.63) is 0 Å². The van der Waals surface area contributed by atoms with Gasteiger partial charge < -0.3 is 10.4 Å². The van der Waals surface area contributed by atoms with Crippen molar-refractivity contribution in [1.29, 1.82) is 0 Å². The molecule has 0 radical (unpaired) electrons. The van der Waals surface area contributed by atoms with E-state index in [9.17, 15) is 14.0 Å². The molecule has 1 aliphatic carbocycles. The van der Waals surface area contributed by atoms with Crippen LogP contribution in [0.5, 0.6) is 0 Å². The number of halogens is 1. The van der Waals surface area contributed by atoms with Gasteiger partial charge in [0.15, 0.2) is 0 Å². The quantitative estimate of drug-likeness (QED) is 0.787. The Kier molecular flexibility index (Phi) is 4.59. The highest BCUT2D eigenvalue weighted by atomic mass is 19.1. The maximum Gasteiger partial charge on any atom is 0.351 e. The summed E-state index contributed by atoms with van der Waals surface area (Å²) in [6.45, 7) is 6.95. The smallest absolute Gasteiger partial charge is 0.351 e. The highest BCUT2D eigenvalue weighted by molar-refractivity contribution is 6.05. The molecule has 2 rings (SSSR count). The van der Waals surface area contributed by atoms with Crippen molar-refractivity contribution in [2.24, 2.45) is 29.6 Å². The van der Waals surface area contributed by atoms with Crippen LogP contribution in [-0.4, -0.2) is 29.2 Å². The summed E-state index contributed by atoms with van der Waals surface area (Å²) in [6, 6.07) is 0. The molecule has 5 atom stereocenters. The van der Waals surface area contributed by atoms with Gasteiger partial charge in [0.2, 0.25) is 0 Å². The van der Waals surface area contributed by atoms with Crippen LogP contribution in [0.3, 0.4) is 0 Å². The average Bonchev–Trinajstić information content (AvgIpc) is 2.41. The number of aliphatic carboxylic acids is 1. The number of rotatable bonds is 3. The van der Waals surface area contributed by atoms with Crippen molar-refractivity contribution in [2.75, 3.05) is 6.54 Å². The van der Waals surface area contributed by atoms with Crippen molar-refractivity contribution < 1.29 is 19.1 Å².